The minimum absolute atomic E-state index is 0.0745. The maximum absolute atomic E-state index is 13.3. The van der Waals surface area contributed by atoms with Crippen molar-refractivity contribution in [2.45, 2.75) is 36.9 Å². The summed E-state index contributed by atoms with van der Waals surface area (Å²) in [6.07, 6.45) is 3.30. The first kappa shape index (κ1) is 18.7. The van der Waals surface area contributed by atoms with Crippen molar-refractivity contribution in [3.05, 3.63) is 64.7 Å². The van der Waals surface area contributed by atoms with E-state index in [1.165, 1.54) is 28.5 Å². The first-order valence-electron chi connectivity index (χ1n) is 9.32. The maximum Gasteiger partial charge on any atom is 0.266 e. The number of amides is 1. The first-order valence-corrected chi connectivity index (χ1v) is 10.3. The maximum atomic E-state index is 13.3. The van der Waals surface area contributed by atoms with Crippen molar-refractivity contribution in [2.75, 3.05) is 5.75 Å². The molecule has 0 radical (unpaired) electrons. The van der Waals surface area contributed by atoms with Crippen LogP contribution in [-0.4, -0.2) is 27.3 Å². The summed E-state index contributed by atoms with van der Waals surface area (Å²) < 4.78 is 14.8. The molecule has 7 heteroatoms. The fourth-order valence-electron chi connectivity index (χ4n) is 2.95. The summed E-state index contributed by atoms with van der Waals surface area (Å²) in [5.74, 6) is 0.372. The number of nitrogens with zero attached hydrogens (tertiary/aromatic N) is 2. The van der Waals surface area contributed by atoms with Crippen LogP contribution in [0.2, 0.25) is 0 Å². The Morgan fingerprint density at radius 3 is 2.68 bits per heavy atom. The zero-order valence-electron chi connectivity index (χ0n) is 15.2. The number of rotatable bonds is 7. The molecule has 4 rings (SSSR count). The number of benzene rings is 2. The molecule has 1 saturated carbocycles. The molecule has 0 saturated heterocycles. The first-order chi connectivity index (χ1) is 13.6. The van der Waals surface area contributed by atoms with E-state index in [1.54, 1.807) is 30.3 Å². The Morgan fingerprint density at radius 1 is 1.18 bits per heavy atom. The smallest absolute Gasteiger partial charge is 0.266 e. The average Bonchev–Trinajstić information content (AvgIpc) is 3.50. The fraction of sp³-hybridized carbons (Fsp3) is 0.286. The number of para-hydroxylation sites is 1. The number of nitrogens with one attached hydrogen (secondary N) is 1. The van der Waals surface area contributed by atoms with Gasteiger partial charge in [0.25, 0.3) is 5.56 Å². The molecule has 5 nitrogen and oxygen atoms in total. The zero-order chi connectivity index (χ0) is 19.5. The molecule has 1 fully saturated rings. The molecule has 1 aliphatic rings. The van der Waals surface area contributed by atoms with Crippen LogP contribution in [0, 0.1) is 5.82 Å². The van der Waals surface area contributed by atoms with E-state index in [2.05, 4.69) is 10.3 Å². The lowest BCUT2D eigenvalue weighted by molar-refractivity contribution is -0.121. The summed E-state index contributed by atoms with van der Waals surface area (Å²) in [6, 6.07) is 13.3. The molecule has 0 spiro atoms. The molecular weight excluding hydrogens is 377 g/mol. The zero-order valence-corrected chi connectivity index (χ0v) is 16.0. The fourth-order valence-corrected chi connectivity index (χ4v) is 3.90. The topological polar surface area (TPSA) is 64.0 Å². The van der Waals surface area contributed by atoms with Gasteiger partial charge in [0.1, 0.15) is 5.82 Å². The second kappa shape index (κ2) is 8.14. The van der Waals surface area contributed by atoms with E-state index in [4.69, 9.17) is 0 Å². The van der Waals surface area contributed by atoms with Crippen LogP contribution in [-0.2, 0) is 4.79 Å². The van der Waals surface area contributed by atoms with E-state index >= 15 is 0 Å². The monoisotopic (exact) mass is 397 g/mol. The highest BCUT2D eigenvalue weighted by Gasteiger charge is 2.22. The Morgan fingerprint density at radius 2 is 1.93 bits per heavy atom. The third kappa shape index (κ3) is 4.25. The molecule has 0 bridgehead atoms. The van der Waals surface area contributed by atoms with Gasteiger partial charge in [0, 0.05) is 18.2 Å². The standard InChI is InChI=1S/C21H20FN3O2S/c22-14-7-11-16(12-8-14)25-20(27)17-4-1-2-5-18(17)24-21(25)28-13-3-6-19(26)23-15-9-10-15/h1-2,4-5,7-8,11-12,15H,3,6,9-10,13H2,(H,23,26). The van der Waals surface area contributed by atoms with Crippen molar-refractivity contribution in [1.29, 1.82) is 0 Å². The number of carbonyl (C=O) groups is 1. The highest BCUT2D eigenvalue weighted by atomic mass is 32.2. The molecule has 0 aliphatic heterocycles. The Balaban J connectivity index is 1.58. The number of hydrogen-bond acceptors (Lipinski definition) is 4. The van der Waals surface area contributed by atoms with E-state index in [-0.39, 0.29) is 17.3 Å². The van der Waals surface area contributed by atoms with Crippen LogP contribution in [0.4, 0.5) is 4.39 Å². The lowest BCUT2D eigenvalue weighted by atomic mass is 10.2. The lowest BCUT2D eigenvalue weighted by Crippen LogP contribution is -2.25. The predicted molar refractivity (Wildman–Crippen MR) is 108 cm³/mol. The molecule has 1 amide bonds. The summed E-state index contributed by atoms with van der Waals surface area (Å²) in [6.45, 7) is 0. The molecule has 3 aromatic rings. The molecule has 1 heterocycles. The summed E-state index contributed by atoms with van der Waals surface area (Å²) >= 11 is 1.43. The number of thioether (sulfide) groups is 1. The van der Waals surface area contributed by atoms with Crippen LogP contribution >= 0.6 is 11.8 Å². The van der Waals surface area contributed by atoms with Gasteiger partial charge in [0.05, 0.1) is 16.6 Å². The number of halogens is 1. The number of aromatic nitrogens is 2. The Labute approximate surface area is 166 Å². The van der Waals surface area contributed by atoms with Crippen LogP contribution in [0.1, 0.15) is 25.7 Å². The molecule has 2 aromatic carbocycles. The van der Waals surface area contributed by atoms with Gasteiger partial charge in [-0.3, -0.25) is 14.2 Å². The normalized spacial score (nSPS) is 13.6. The molecule has 1 aromatic heterocycles. The van der Waals surface area contributed by atoms with Gasteiger partial charge in [0.2, 0.25) is 5.91 Å². The van der Waals surface area contributed by atoms with Crippen LogP contribution in [0.3, 0.4) is 0 Å². The van der Waals surface area contributed by atoms with Crippen LogP contribution in [0.25, 0.3) is 16.6 Å². The summed E-state index contributed by atoms with van der Waals surface area (Å²) in [5.41, 5.74) is 1.00. The van der Waals surface area contributed by atoms with Gasteiger partial charge in [-0.2, -0.15) is 0 Å². The number of carbonyl (C=O) groups excluding carboxylic acids is 1. The highest BCUT2D eigenvalue weighted by Crippen LogP contribution is 2.23. The molecular formula is C21H20FN3O2S. The lowest BCUT2D eigenvalue weighted by Gasteiger charge is -2.13. The van der Waals surface area contributed by atoms with Gasteiger partial charge in [0.15, 0.2) is 5.16 Å². The number of hydrogen-bond donors (Lipinski definition) is 1. The van der Waals surface area contributed by atoms with Crippen LogP contribution in [0.5, 0.6) is 0 Å². The minimum Gasteiger partial charge on any atom is -0.353 e. The Kier molecular flexibility index (Phi) is 5.43. The van der Waals surface area contributed by atoms with E-state index in [1.807, 2.05) is 6.07 Å². The second-order valence-corrected chi connectivity index (χ2v) is 7.88. The third-order valence-electron chi connectivity index (χ3n) is 4.55. The van der Waals surface area contributed by atoms with Crippen molar-refractivity contribution in [3.63, 3.8) is 0 Å². The molecule has 28 heavy (non-hydrogen) atoms. The van der Waals surface area contributed by atoms with E-state index in [0.717, 1.165) is 12.8 Å². The summed E-state index contributed by atoms with van der Waals surface area (Å²) in [4.78, 5) is 29.5. The van der Waals surface area contributed by atoms with Crippen molar-refractivity contribution < 1.29 is 9.18 Å². The molecule has 1 N–H and O–H groups in total. The molecule has 0 unspecified atom stereocenters. The largest absolute Gasteiger partial charge is 0.353 e. The van der Waals surface area contributed by atoms with E-state index < -0.39 is 0 Å². The predicted octanol–water partition coefficient (Wildman–Crippen LogP) is 3.68. The van der Waals surface area contributed by atoms with Gasteiger partial charge in [-0.05, 0) is 55.7 Å². The molecule has 144 valence electrons. The second-order valence-electron chi connectivity index (χ2n) is 6.82. The van der Waals surface area contributed by atoms with Crippen LogP contribution < -0.4 is 10.9 Å². The van der Waals surface area contributed by atoms with Crippen molar-refractivity contribution in [1.82, 2.24) is 14.9 Å². The van der Waals surface area contributed by atoms with E-state index in [9.17, 15) is 14.0 Å². The molecule has 1 aliphatic carbocycles. The Hall–Kier alpha value is -2.67. The molecule has 0 atom stereocenters. The van der Waals surface area contributed by atoms with Crippen LogP contribution in [0.15, 0.2) is 58.5 Å². The van der Waals surface area contributed by atoms with Gasteiger partial charge >= 0.3 is 0 Å². The highest BCUT2D eigenvalue weighted by molar-refractivity contribution is 7.99. The van der Waals surface area contributed by atoms with Crippen molar-refractivity contribution in [3.8, 4) is 5.69 Å². The number of fused-ring (bicyclic) bond motifs is 1. The van der Waals surface area contributed by atoms with Gasteiger partial charge in [-0.15, -0.1) is 0 Å². The van der Waals surface area contributed by atoms with Gasteiger partial charge in [-0.25, -0.2) is 9.37 Å². The van der Waals surface area contributed by atoms with Gasteiger partial charge in [-0.1, -0.05) is 23.9 Å². The summed E-state index contributed by atoms with van der Waals surface area (Å²) in [7, 11) is 0. The minimum atomic E-state index is -0.360. The summed E-state index contributed by atoms with van der Waals surface area (Å²) in [5, 5.41) is 4.03. The average molecular weight is 397 g/mol. The van der Waals surface area contributed by atoms with Crippen molar-refractivity contribution >= 4 is 28.6 Å². The third-order valence-corrected chi connectivity index (χ3v) is 5.58. The quantitative estimate of drug-likeness (QED) is 0.375. The Bertz CT molecular complexity index is 1060. The van der Waals surface area contributed by atoms with Gasteiger partial charge < -0.3 is 5.32 Å². The van der Waals surface area contributed by atoms with Crippen molar-refractivity contribution in [2.24, 2.45) is 0 Å². The van der Waals surface area contributed by atoms with E-state index in [0.29, 0.717) is 46.4 Å². The SMILES string of the molecule is O=C(CCCSc1nc2ccccc2c(=O)n1-c1ccc(F)cc1)NC1CC1.